The lowest BCUT2D eigenvalue weighted by Crippen LogP contribution is -2.45. The summed E-state index contributed by atoms with van der Waals surface area (Å²) in [7, 11) is 0. The first kappa shape index (κ1) is 40.2. The van der Waals surface area contributed by atoms with E-state index >= 15 is 0 Å². The minimum absolute atomic E-state index is 0.0161. The summed E-state index contributed by atoms with van der Waals surface area (Å²) in [5.74, 6) is -0.318. The average Bonchev–Trinajstić information content (AvgIpc) is 3.67. The number of imidazole rings is 2. The fourth-order valence-corrected chi connectivity index (χ4v) is 4.72. The number of nitrogens with two attached hydrogens (primary N) is 4. The Morgan fingerprint density at radius 3 is 1.30 bits per heavy atom. The molecule has 0 atom stereocenters. The van der Waals surface area contributed by atoms with Gasteiger partial charge in [-0.1, -0.05) is 6.92 Å². The quantitative estimate of drug-likeness (QED) is 0.0385. The van der Waals surface area contributed by atoms with E-state index in [-0.39, 0.29) is 127 Å². The number of aromatic nitrogens is 4. The molecule has 276 valence electrons. The Hall–Kier alpha value is -5.93. The number of nitrogens with zero attached hydrogens (tertiary/aromatic N) is 7. The van der Waals surface area contributed by atoms with Crippen molar-refractivity contribution in [1.82, 2.24) is 55.1 Å². The third-order valence-corrected chi connectivity index (χ3v) is 7.23. The Kier molecular flexibility index (Phi) is 17.0. The summed E-state index contributed by atoms with van der Waals surface area (Å²) in [6, 6.07) is 0. The van der Waals surface area contributed by atoms with Gasteiger partial charge in [0.05, 0.1) is 19.6 Å². The molecule has 2 aromatic rings. The van der Waals surface area contributed by atoms with E-state index in [9.17, 15) is 14.4 Å². The van der Waals surface area contributed by atoms with Crippen LogP contribution in [-0.4, -0.2) is 134 Å². The van der Waals surface area contributed by atoms with Gasteiger partial charge < -0.3 is 63.1 Å². The minimum Gasteiger partial charge on any atom is -0.370 e. The summed E-state index contributed by atoms with van der Waals surface area (Å²) in [5.41, 5.74) is 21.5. The fourth-order valence-electron chi connectivity index (χ4n) is 4.72. The predicted molar refractivity (Wildman–Crippen MR) is 187 cm³/mol. The zero-order valence-electron chi connectivity index (χ0n) is 28.4. The zero-order chi connectivity index (χ0) is 37.1. The SMILES string of the molecule is CCC(=O)CN(Cc1nccn1CC(=O)N(CCNC(=N)N)CCNC(=N)N)Cc1nccn1CC(=O)N(CCNC(=N)N)CCNC(=N)N. The van der Waals surface area contributed by atoms with Crippen molar-refractivity contribution in [1.29, 1.82) is 21.6 Å². The summed E-state index contributed by atoms with van der Waals surface area (Å²) < 4.78 is 3.38. The molecule has 16 N–H and O–H groups in total. The molecule has 0 spiro atoms. The van der Waals surface area contributed by atoms with E-state index < -0.39 is 0 Å². The van der Waals surface area contributed by atoms with Crippen LogP contribution >= 0.6 is 0 Å². The number of carbonyl (C=O) groups excluding carboxylic acids is 3. The molecule has 0 saturated carbocycles. The number of amides is 2. The van der Waals surface area contributed by atoms with Crippen LogP contribution in [0.1, 0.15) is 25.0 Å². The van der Waals surface area contributed by atoms with E-state index in [0.29, 0.717) is 18.1 Å². The van der Waals surface area contributed by atoms with E-state index in [1.807, 2.05) is 4.90 Å². The van der Waals surface area contributed by atoms with Gasteiger partial charge in [0.15, 0.2) is 23.8 Å². The van der Waals surface area contributed by atoms with E-state index in [4.69, 9.17) is 44.6 Å². The summed E-state index contributed by atoms with van der Waals surface area (Å²) in [6.45, 7) is 4.14. The van der Waals surface area contributed by atoms with E-state index in [2.05, 4.69) is 31.2 Å². The van der Waals surface area contributed by atoms with Gasteiger partial charge in [-0.2, -0.15) is 0 Å². The van der Waals surface area contributed by atoms with E-state index in [1.165, 1.54) is 0 Å². The van der Waals surface area contributed by atoms with Gasteiger partial charge in [-0.05, 0) is 0 Å². The normalized spacial score (nSPS) is 10.7. The highest BCUT2D eigenvalue weighted by atomic mass is 16.2. The van der Waals surface area contributed by atoms with Crippen LogP contribution in [0.3, 0.4) is 0 Å². The third kappa shape index (κ3) is 15.3. The van der Waals surface area contributed by atoms with Gasteiger partial charge in [-0.15, -0.1) is 0 Å². The number of nitrogens with one attached hydrogen (secondary N) is 8. The number of hydrogen-bond acceptors (Lipinski definition) is 10. The summed E-state index contributed by atoms with van der Waals surface area (Å²) in [4.78, 5) is 53.2. The third-order valence-electron chi connectivity index (χ3n) is 7.23. The molecule has 0 radical (unpaired) electrons. The lowest BCUT2D eigenvalue weighted by atomic mass is 10.2. The highest BCUT2D eigenvalue weighted by Crippen LogP contribution is 2.11. The average molecular weight is 702 g/mol. The molecule has 2 aromatic heterocycles. The highest BCUT2D eigenvalue weighted by Gasteiger charge is 2.21. The maximum absolute atomic E-state index is 13.4. The Bertz CT molecular complexity index is 1310. The molecule has 0 aliphatic rings. The van der Waals surface area contributed by atoms with Crippen LogP contribution in [0.4, 0.5) is 0 Å². The van der Waals surface area contributed by atoms with Crippen molar-refractivity contribution in [3.63, 3.8) is 0 Å². The fraction of sp³-hybridized carbons (Fsp3) is 0.536. The predicted octanol–water partition coefficient (Wildman–Crippen LogP) is -4.35. The molecule has 22 nitrogen and oxygen atoms in total. The largest absolute Gasteiger partial charge is 0.370 e. The Morgan fingerprint density at radius 1 is 0.660 bits per heavy atom. The van der Waals surface area contributed by atoms with Crippen molar-refractivity contribution < 1.29 is 14.4 Å². The molecular formula is C28H51N19O3. The van der Waals surface area contributed by atoms with Gasteiger partial charge in [-0.25, -0.2) is 9.97 Å². The van der Waals surface area contributed by atoms with Crippen molar-refractivity contribution in [2.75, 3.05) is 58.9 Å². The Morgan fingerprint density at radius 2 is 1.00 bits per heavy atom. The monoisotopic (exact) mass is 701 g/mol. The van der Waals surface area contributed by atoms with Crippen molar-refractivity contribution in [2.45, 2.75) is 39.5 Å². The number of guanidine groups is 4. The van der Waals surface area contributed by atoms with Gasteiger partial charge in [0, 0.05) is 83.6 Å². The van der Waals surface area contributed by atoms with Crippen molar-refractivity contribution in [2.24, 2.45) is 22.9 Å². The van der Waals surface area contributed by atoms with Crippen LogP contribution in [0.2, 0.25) is 0 Å². The minimum atomic E-state index is -0.244. The van der Waals surface area contributed by atoms with Gasteiger partial charge in [0.2, 0.25) is 11.8 Å². The Balaban J connectivity index is 2.19. The summed E-state index contributed by atoms with van der Waals surface area (Å²) in [6.07, 6.45) is 6.78. The van der Waals surface area contributed by atoms with Crippen LogP contribution in [0.15, 0.2) is 24.8 Å². The molecule has 0 bridgehead atoms. The van der Waals surface area contributed by atoms with Crippen LogP contribution < -0.4 is 44.2 Å². The van der Waals surface area contributed by atoms with E-state index in [0.717, 1.165) is 0 Å². The van der Waals surface area contributed by atoms with Crippen molar-refractivity contribution in [3.8, 4) is 0 Å². The first-order valence-corrected chi connectivity index (χ1v) is 15.9. The molecule has 2 amide bonds. The number of ketones is 1. The first-order chi connectivity index (χ1) is 23.8. The maximum Gasteiger partial charge on any atom is 0.242 e. The standard InChI is InChI=1S/C28H51N19O3/c1-2-20(48)15-43(16-21-37-3-13-46(21)18-23(49)44(9-5-39-25(29)30)10-6-40-26(31)32)17-22-38-4-14-47(22)19-24(50)45(11-7-41-27(33)34)12-8-42-28(35)36/h3-4,13-14H,2,5-12,15-19H2,1H3,(H4,29,30,39)(H4,31,32,40)(H4,33,34,41)(H4,35,36,42). The number of Topliss-reactive ketones (excluding diaryl/α,β-unsaturated/α-hetero) is 1. The second-order valence-corrected chi connectivity index (χ2v) is 11.1. The lowest BCUT2D eigenvalue weighted by Gasteiger charge is -2.25. The molecule has 22 heteroatoms. The molecule has 50 heavy (non-hydrogen) atoms. The summed E-state index contributed by atoms with van der Waals surface area (Å²) >= 11 is 0. The number of rotatable bonds is 23. The summed E-state index contributed by atoms with van der Waals surface area (Å²) in [5, 5.41) is 40.2. The van der Waals surface area contributed by atoms with E-state index in [1.54, 1.807) is 50.6 Å². The molecule has 2 rings (SSSR count). The van der Waals surface area contributed by atoms with Crippen molar-refractivity contribution in [3.05, 3.63) is 36.4 Å². The second kappa shape index (κ2) is 21.1. The highest BCUT2D eigenvalue weighted by molar-refractivity contribution is 5.80. The molecule has 2 heterocycles. The van der Waals surface area contributed by atoms with Gasteiger partial charge in [0.1, 0.15) is 30.5 Å². The molecular weight excluding hydrogens is 650 g/mol. The van der Waals surface area contributed by atoms with Crippen molar-refractivity contribution >= 4 is 41.4 Å². The van der Waals surface area contributed by atoms with Crippen LogP contribution in [-0.2, 0) is 40.6 Å². The topological polar surface area (TPSA) is 344 Å². The lowest BCUT2D eigenvalue weighted by molar-refractivity contribution is -0.132. The van der Waals surface area contributed by atoms with Crippen LogP contribution in [0.5, 0.6) is 0 Å². The molecule has 0 unspecified atom stereocenters. The van der Waals surface area contributed by atoms with Crippen LogP contribution in [0.25, 0.3) is 0 Å². The zero-order valence-corrected chi connectivity index (χ0v) is 28.4. The maximum atomic E-state index is 13.4. The first-order valence-electron chi connectivity index (χ1n) is 15.9. The van der Waals surface area contributed by atoms with Gasteiger partial charge >= 0.3 is 0 Å². The smallest absolute Gasteiger partial charge is 0.242 e. The molecule has 0 fully saturated rings. The molecule has 0 aliphatic carbocycles. The molecule has 0 saturated heterocycles. The second-order valence-electron chi connectivity index (χ2n) is 11.1. The molecule has 0 aromatic carbocycles. The van der Waals surface area contributed by atoms with Gasteiger partial charge in [0.25, 0.3) is 0 Å². The number of hydrogen-bond donors (Lipinski definition) is 12. The van der Waals surface area contributed by atoms with Gasteiger partial charge in [-0.3, -0.25) is 40.9 Å². The Labute approximate surface area is 290 Å². The molecule has 0 aliphatic heterocycles. The van der Waals surface area contributed by atoms with Crippen LogP contribution in [0, 0.1) is 21.6 Å². The number of carbonyl (C=O) groups is 3.